The molecule has 2 aromatic rings. The molecular formula is C17H20N4O4. The molecule has 3 heterocycles. The molecule has 25 heavy (non-hydrogen) atoms. The maximum Gasteiger partial charge on any atom is 0.334 e. The topological polar surface area (TPSA) is 97.6 Å². The van der Waals surface area contributed by atoms with Crippen LogP contribution in [0.4, 0.5) is 0 Å². The van der Waals surface area contributed by atoms with Crippen molar-refractivity contribution in [1.29, 1.82) is 0 Å². The quantitative estimate of drug-likeness (QED) is 0.898. The van der Waals surface area contributed by atoms with Gasteiger partial charge >= 0.3 is 5.97 Å². The van der Waals surface area contributed by atoms with Gasteiger partial charge in [-0.2, -0.15) is 5.10 Å². The molecule has 1 amide bonds. The number of amides is 1. The fourth-order valence-electron chi connectivity index (χ4n) is 2.93. The number of aromatic nitrogens is 3. The molecule has 3 rings (SSSR count). The number of nitrogens with zero attached hydrogens (tertiary/aromatic N) is 4. The molecule has 0 spiro atoms. The lowest BCUT2D eigenvalue weighted by Crippen LogP contribution is -2.51. The summed E-state index contributed by atoms with van der Waals surface area (Å²) in [7, 11) is 0. The fraction of sp³-hybridized carbons (Fsp3) is 0.412. The molecule has 8 heteroatoms. The van der Waals surface area contributed by atoms with Crippen molar-refractivity contribution in [1.82, 2.24) is 19.7 Å². The third-order valence-electron chi connectivity index (χ3n) is 4.04. The number of rotatable bonds is 3. The van der Waals surface area contributed by atoms with Crippen LogP contribution in [-0.4, -0.2) is 61.9 Å². The molecule has 132 valence electrons. The lowest BCUT2D eigenvalue weighted by molar-refractivity contribution is -0.160. The summed E-state index contributed by atoms with van der Waals surface area (Å²) in [6.45, 7) is 5.96. The zero-order valence-electron chi connectivity index (χ0n) is 14.3. The molecule has 1 unspecified atom stereocenters. The number of carboxylic acids is 1. The van der Waals surface area contributed by atoms with Crippen LogP contribution in [0, 0.1) is 13.8 Å². The van der Waals surface area contributed by atoms with E-state index in [9.17, 15) is 9.59 Å². The van der Waals surface area contributed by atoms with Crippen LogP contribution in [0.25, 0.3) is 5.82 Å². The number of carbonyl (C=O) groups is 2. The molecule has 0 radical (unpaired) electrons. The molecule has 2 atom stereocenters. The summed E-state index contributed by atoms with van der Waals surface area (Å²) in [5.41, 5.74) is 2.25. The Morgan fingerprint density at radius 3 is 2.60 bits per heavy atom. The lowest BCUT2D eigenvalue weighted by Gasteiger charge is -2.34. The van der Waals surface area contributed by atoms with Gasteiger partial charge < -0.3 is 14.7 Å². The molecule has 1 aliphatic rings. The summed E-state index contributed by atoms with van der Waals surface area (Å²) in [5.74, 6) is -0.697. The van der Waals surface area contributed by atoms with Crippen LogP contribution in [-0.2, 0) is 9.53 Å². The second-order valence-corrected chi connectivity index (χ2v) is 6.23. The largest absolute Gasteiger partial charge is 0.479 e. The van der Waals surface area contributed by atoms with E-state index in [1.54, 1.807) is 23.7 Å². The van der Waals surface area contributed by atoms with Gasteiger partial charge in [0.05, 0.1) is 23.9 Å². The predicted molar refractivity (Wildman–Crippen MR) is 88.7 cm³/mol. The summed E-state index contributed by atoms with van der Waals surface area (Å²) in [5, 5.41) is 13.5. The monoisotopic (exact) mass is 344 g/mol. The van der Waals surface area contributed by atoms with Gasteiger partial charge in [-0.3, -0.25) is 4.79 Å². The SMILES string of the molecule is Cc1cc(C)n(-c2ccc(C(=O)N3CC(C(=O)O)O[C@H](C)C3)cn2)n1. The van der Waals surface area contributed by atoms with Crippen molar-refractivity contribution in [2.75, 3.05) is 13.1 Å². The standard InChI is InChI=1S/C17H20N4O4/c1-10-6-11(2)21(19-10)15-5-4-13(7-18-15)16(22)20-8-12(3)25-14(9-20)17(23)24/h4-7,12,14H,8-9H2,1-3H3,(H,23,24)/t12-,14?/m1/s1. The minimum Gasteiger partial charge on any atom is -0.479 e. The van der Waals surface area contributed by atoms with Crippen LogP contribution >= 0.6 is 0 Å². The van der Waals surface area contributed by atoms with Crippen molar-refractivity contribution in [2.24, 2.45) is 0 Å². The highest BCUT2D eigenvalue weighted by Gasteiger charge is 2.33. The molecule has 0 bridgehead atoms. The van der Waals surface area contributed by atoms with Crippen molar-refractivity contribution in [3.63, 3.8) is 0 Å². The van der Waals surface area contributed by atoms with Crippen molar-refractivity contribution >= 4 is 11.9 Å². The van der Waals surface area contributed by atoms with E-state index in [4.69, 9.17) is 9.84 Å². The number of aryl methyl sites for hydroxylation is 2. The molecule has 0 aromatic carbocycles. The number of morpholine rings is 1. The summed E-state index contributed by atoms with van der Waals surface area (Å²) in [6.07, 6.45) is 0.152. The van der Waals surface area contributed by atoms with E-state index in [2.05, 4.69) is 10.1 Å². The second kappa shape index (κ2) is 6.64. The van der Waals surface area contributed by atoms with Gasteiger partial charge in [-0.1, -0.05) is 0 Å². The maximum absolute atomic E-state index is 12.6. The Labute approximate surface area is 145 Å². The van der Waals surface area contributed by atoms with E-state index < -0.39 is 12.1 Å². The first-order valence-electron chi connectivity index (χ1n) is 8.02. The number of pyridine rings is 1. The summed E-state index contributed by atoms with van der Waals surface area (Å²) in [4.78, 5) is 29.6. The molecule has 0 saturated carbocycles. The Morgan fingerprint density at radius 1 is 1.28 bits per heavy atom. The van der Waals surface area contributed by atoms with Crippen molar-refractivity contribution < 1.29 is 19.4 Å². The van der Waals surface area contributed by atoms with Gasteiger partial charge in [-0.05, 0) is 39.0 Å². The minimum absolute atomic E-state index is 0.0255. The van der Waals surface area contributed by atoms with Crippen molar-refractivity contribution in [3.8, 4) is 5.82 Å². The first-order valence-corrected chi connectivity index (χ1v) is 8.02. The van der Waals surface area contributed by atoms with Crippen molar-refractivity contribution in [2.45, 2.75) is 33.0 Å². The summed E-state index contributed by atoms with van der Waals surface area (Å²) < 4.78 is 7.04. The van der Waals surface area contributed by atoms with Crippen LogP contribution < -0.4 is 0 Å². The first kappa shape index (κ1) is 17.1. The van der Waals surface area contributed by atoms with Gasteiger partial charge in [-0.15, -0.1) is 0 Å². The maximum atomic E-state index is 12.6. The van der Waals surface area contributed by atoms with E-state index in [1.165, 1.54) is 11.1 Å². The average molecular weight is 344 g/mol. The van der Waals surface area contributed by atoms with Crippen LogP contribution in [0.1, 0.15) is 28.7 Å². The smallest absolute Gasteiger partial charge is 0.334 e. The zero-order chi connectivity index (χ0) is 18.1. The summed E-state index contributed by atoms with van der Waals surface area (Å²) in [6, 6.07) is 5.35. The minimum atomic E-state index is -1.07. The number of carbonyl (C=O) groups excluding carboxylic acids is 1. The van der Waals surface area contributed by atoms with Crippen molar-refractivity contribution in [3.05, 3.63) is 41.3 Å². The van der Waals surface area contributed by atoms with Crippen LogP contribution in [0.2, 0.25) is 0 Å². The molecular weight excluding hydrogens is 324 g/mol. The number of hydrogen-bond acceptors (Lipinski definition) is 5. The van der Waals surface area contributed by atoms with E-state index in [-0.39, 0.29) is 18.6 Å². The molecule has 2 aromatic heterocycles. The van der Waals surface area contributed by atoms with Crippen LogP contribution in [0.5, 0.6) is 0 Å². The molecule has 8 nitrogen and oxygen atoms in total. The highest BCUT2D eigenvalue weighted by atomic mass is 16.5. The van der Waals surface area contributed by atoms with Crippen LogP contribution in [0.15, 0.2) is 24.4 Å². The molecule has 1 N–H and O–H groups in total. The Bertz CT molecular complexity index is 799. The number of hydrogen-bond donors (Lipinski definition) is 1. The van der Waals surface area contributed by atoms with Gasteiger partial charge in [0.1, 0.15) is 0 Å². The van der Waals surface area contributed by atoms with E-state index in [0.29, 0.717) is 17.9 Å². The Morgan fingerprint density at radius 2 is 2.04 bits per heavy atom. The highest BCUT2D eigenvalue weighted by molar-refractivity contribution is 5.94. The average Bonchev–Trinajstić information content (AvgIpc) is 2.92. The Hall–Kier alpha value is -2.74. The predicted octanol–water partition coefficient (Wildman–Crippen LogP) is 1.20. The third kappa shape index (κ3) is 3.53. The summed E-state index contributed by atoms with van der Waals surface area (Å²) >= 11 is 0. The van der Waals surface area contributed by atoms with Gasteiger partial charge in [-0.25, -0.2) is 14.5 Å². The van der Waals surface area contributed by atoms with Gasteiger partial charge in [0.25, 0.3) is 5.91 Å². The lowest BCUT2D eigenvalue weighted by atomic mass is 10.1. The van der Waals surface area contributed by atoms with Gasteiger partial charge in [0.2, 0.25) is 0 Å². The van der Waals surface area contributed by atoms with E-state index >= 15 is 0 Å². The molecule has 1 aliphatic heterocycles. The number of ether oxygens (including phenoxy) is 1. The van der Waals surface area contributed by atoms with Gasteiger partial charge in [0.15, 0.2) is 11.9 Å². The van der Waals surface area contributed by atoms with E-state index in [0.717, 1.165) is 11.4 Å². The molecule has 0 aliphatic carbocycles. The molecule has 1 saturated heterocycles. The van der Waals surface area contributed by atoms with Crippen LogP contribution in [0.3, 0.4) is 0 Å². The Kier molecular flexibility index (Phi) is 4.54. The zero-order valence-corrected chi connectivity index (χ0v) is 14.3. The highest BCUT2D eigenvalue weighted by Crippen LogP contribution is 2.16. The second-order valence-electron chi connectivity index (χ2n) is 6.23. The first-order chi connectivity index (χ1) is 11.8. The van der Waals surface area contributed by atoms with Gasteiger partial charge in [0, 0.05) is 18.4 Å². The molecule has 1 fully saturated rings. The van der Waals surface area contributed by atoms with E-state index in [1.807, 2.05) is 19.9 Å². The third-order valence-corrected chi connectivity index (χ3v) is 4.04. The Balaban J connectivity index is 1.78. The number of carboxylic acid groups (broad SMARTS) is 1. The normalized spacial score (nSPS) is 20.5. The number of aliphatic carboxylic acids is 1. The fourth-order valence-corrected chi connectivity index (χ4v) is 2.93.